The molecule has 0 aromatic heterocycles. The van der Waals surface area contributed by atoms with Crippen LogP contribution in [0.15, 0.2) is 24.3 Å². The highest BCUT2D eigenvalue weighted by molar-refractivity contribution is 5.92. The maximum atomic E-state index is 12.4. The van der Waals surface area contributed by atoms with E-state index in [9.17, 15) is 9.59 Å². The van der Waals surface area contributed by atoms with Gasteiger partial charge >= 0.3 is 12.0 Å². The zero-order chi connectivity index (χ0) is 15.4. The first-order valence-corrected chi connectivity index (χ1v) is 7.38. The van der Waals surface area contributed by atoms with Crippen molar-refractivity contribution in [2.24, 2.45) is 5.92 Å². The van der Waals surface area contributed by atoms with E-state index in [-0.39, 0.29) is 18.0 Å². The van der Waals surface area contributed by atoms with Crippen molar-refractivity contribution in [3.05, 3.63) is 29.8 Å². The number of benzene rings is 1. The van der Waals surface area contributed by atoms with Crippen LogP contribution >= 0.6 is 0 Å². The van der Waals surface area contributed by atoms with Gasteiger partial charge < -0.3 is 10.4 Å². The molecule has 2 atom stereocenters. The molecule has 0 saturated heterocycles. The zero-order valence-electron chi connectivity index (χ0n) is 12.5. The fourth-order valence-electron chi connectivity index (χ4n) is 2.76. The first-order valence-electron chi connectivity index (χ1n) is 7.38. The summed E-state index contributed by atoms with van der Waals surface area (Å²) in [5, 5.41) is 12.0. The normalized spacial score (nSPS) is 21.0. The standard InChI is InChI=1S/C16H22N2O3/c1-3-18(14-8-4-11(2)5-9-14)16(21)17-13-7-6-12(10-13)15(19)20/h4-5,8-9,12-13H,3,6-7,10H2,1-2H3,(H,17,21)(H,19,20)/t12-,13+/m1/s1. The third kappa shape index (κ3) is 3.74. The van der Waals surface area contributed by atoms with Crippen molar-refractivity contribution < 1.29 is 14.7 Å². The van der Waals surface area contributed by atoms with E-state index in [0.29, 0.717) is 19.4 Å². The lowest BCUT2D eigenvalue weighted by Gasteiger charge is -2.24. The quantitative estimate of drug-likeness (QED) is 0.896. The van der Waals surface area contributed by atoms with Crippen LogP contribution in [0.2, 0.25) is 0 Å². The summed E-state index contributed by atoms with van der Waals surface area (Å²) in [6.45, 7) is 4.50. The third-order valence-electron chi connectivity index (χ3n) is 4.02. The smallest absolute Gasteiger partial charge is 0.322 e. The lowest BCUT2D eigenvalue weighted by Crippen LogP contribution is -2.44. The first-order chi connectivity index (χ1) is 10.0. The topological polar surface area (TPSA) is 69.6 Å². The van der Waals surface area contributed by atoms with E-state index in [2.05, 4.69) is 5.32 Å². The first kappa shape index (κ1) is 15.4. The number of carbonyl (C=O) groups excluding carboxylic acids is 1. The van der Waals surface area contributed by atoms with Crippen molar-refractivity contribution in [3.63, 3.8) is 0 Å². The summed E-state index contributed by atoms with van der Waals surface area (Å²) in [5.74, 6) is -1.10. The molecule has 2 amide bonds. The molecule has 1 aromatic rings. The van der Waals surface area contributed by atoms with Crippen molar-refractivity contribution in [1.82, 2.24) is 5.32 Å². The monoisotopic (exact) mass is 290 g/mol. The number of hydrogen-bond acceptors (Lipinski definition) is 2. The zero-order valence-corrected chi connectivity index (χ0v) is 12.5. The van der Waals surface area contributed by atoms with Crippen LogP contribution in [0, 0.1) is 12.8 Å². The number of anilines is 1. The summed E-state index contributed by atoms with van der Waals surface area (Å²) < 4.78 is 0. The predicted octanol–water partition coefficient (Wildman–Crippen LogP) is 2.78. The average Bonchev–Trinajstić information content (AvgIpc) is 2.90. The van der Waals surface area contributed by atoms with Crippen molar-refractivity contribution in [2.45, 2.75) is 39.2 Å². The molecule has 1 fully saturated rings. The van der Waals surface area contributed by atoms with Crippen molar-refractivity contribution >= 4 is 17.7 Å². The minimum atomic E-state index is -0.766. The number of aliphatic carboxylic acids is 1. The van der Waals surface area contributed by atoms with Gasteiger partial charge in [-0.1, -0.05) is 17.7 Å². The minimum absolute atomic E-state index is 0.0434. The van der Waals surface area contributed by atoms with Crippen LogP contribution in [0.5, 0.6) is 0 Å². The molecule has 0 unspecified atom stereocenters. The van der Waals surface area contributed by atoms with Crippen LogP contribution in [-0.2, 0) is 4.79 Å². The third-order valence-corrected chi connectivity index (χ3v) is 4.02. The molecule has 114 valence electrons. The van der Waals surface area contributed by atoms with Gasteiger partial charge in [-0.05, 0) is 45.2 Å². The van der Waals surface area contributed by atoms with Gasteiger partial charge in [0.25, 0.3) is 0 Å². The second kappa shape index (κ2) is 6.61. The Balaban J connectivity index is 1.98. The summed E-state index contributed by atoms with van der Waals surface area (Å²) in [7, 11) is 0. The number of rotatable bonds is 4. The van der Waals surface area contributed by atoms with Gasteiger partial charge in [0.05, 0.1) is 5.92 Å². The average molecular weight is 290 g/mol. The van der Waals surface area contributed by atoms with E-state index in [4.69, 9.17) is 5.11 Å². The Bertz CT molecular complexity index is 513. The van der Waals surface area contributed by atoms with Gasteiger partial charge in [-0.2, -0.15) is 0 Å². The molecule has 0 bridgehead atoms. The van der Waals surface area contributed by atoms with E-state index in [1.54, 1.807) is 4.90 Å². The molecule has 1 aromatic carbocycles. The largest absolute Gasteiger partial charge is 0.481 e. The number of amides is 2. The Morgan fingerprint density at radius 3 is 2.48 bits per heavy atom. The molecular formula is C16H22N2O3. The SMILES string of the molecule is CCN(C(=O)N[C@H]1CC[C@@H](C(=O)O)C1)c1ccc(C)cc1. The molecule has 1 aliphatic carbocycles. The Hall–Kier alpha value is -2.04. The number of hydrogen-bond donors (Lipinski definition) is 2. The number of nitrogens with one attached hydrogen (secondary N) is 1. The van der Waals surface area contributed by atoms with Crippen LogP contribution in [0.1, 0.15) is 31.7 Å². The fraction of sp³-hybridized carbons (Fsp3) is 0.500. The van der Waals surface area contributed by atoms with Gasteiger partial charge in [0, 0.05) is 18.3 Å². The predicted molar refractivity (Wildman–Crippen MR) is 81.5 cm³/mol. The summed E-state index contributed by atoms with van der Waals surface area (Å²) in [4.78, 5) is 25.0. The summed E-state index contributed by atoms with van der Waals surface area (Å²) >= 11 is 0. The molecule has 0 radical (unpaired) electrons. The molecule has 5 nitrogen and oxygen atoms in total. The van der Waals surface area contributed by atoms with Gasteiger partial charge in [-0.3, -0.25) is 9.69 Å². The van der Waals surface area contributed by atoms with Crippen LogP contribution < -0.4 is 10.2 Å². The van der Waals surface area contributed by atoms with E-state index >= 15 is 0 Å². The van der Waals surface area contributed by atoms with E-state index in [1.165, 1.54) is 0 Å². The van der Waals surface area contributed by atoms with Crippen LogP contribution in [0.25, 0.3) is 0 Å². The Kier molecular flexibility index (Phi) is 4.83. The molecule has 2 N–H and O–H groups in total. The number of carboxylic acids is 1. The maximum Gasteiger partial charge on any atom is 0.322 e. The van der Waals surface area contributed by atoms with Gasteiger partial charge in [0.1, 0.15) is 0 Å². The van der Waals surface area contributed by atoms with Gasteiger partial charge in [0.2, 0.25) is 0 Å². The molecule has 0 spiro atoms. The molecule has 2 rings (SSSR count). The van der Waals surface area contributed by atoms with Crippen LogP contribution in [0.4, 0.5) is 10.5 Å². The van der Waals surface area contributed by atoms with E-state index < -0.39 is 5.97 Å². The van der Waals surface area contributed by atoms with E-state index in [1.807, 2.05) is 38.1 Å². The molecule has 1 aliphatic rings. The van der Waals surface area contributed by atoms with Crippen LogP contribution in [-0.4, -0.2) is 29.7 Å². The highest BCUT2D eigenvalue weighted by Gasteiger charge is 2.31. The number of carbonyl (C=O) groups is 2. The molecule has 1 saturated carbocycles. The number of nitrogens with zero attached hydrogens (tertiary/aromatic N) is 1. The van der Waals surface area contributed by atoms with Crippen molar-refractivity contribution in [2.75, 3.05) is 11.4 Å². The molecular weight excluding hydrogens is 268 g/mol. The Morgan fingerprint density at radius 2 is 1.95 bits per heavy atom. The van der Waals surface area contributed by atoms with Crippen molar-refractivity contribution in [3.8, 4) is 0 Å². The lowest BCUT2D eigenvalue weighted by molar-refractivity contribution is -0.141. The second-order valence-corrected chi connectivity index (χ2v) is 5.57. The molecule has 0 heterocycles. The number of urea groups is 1. The maximum absolute atomic E-state index is 12.4. The molecule has 5 heteroatoms. The highest BCUT2D eigenvalue weighted by atomic mass is 16.4. The number of carboxylic acid groups (broad SMARTS) is 1. The van der Waals surface area contributed by atoms with Gasteiger partial charge in [0.15, 0.2) is 0 Å². The summed E-state index contributed by atoms with van der Waals surface area (Å²) in [6, 6.07) is 7.60. The van der Waals surface area contributed by atoms with Gasteiger partial charge in [-0.25, -0.2) is 4.79 Å². The molecule has 21 heavy (non-hydrogen) atoms. The fourth-order valence-corrected chi connectivity index (χ4v) is 2.76. The number of aryl methyl sites for hydroxylation is 1. The Labute approximate surface area is 125 Å². The van der Waals surface area contributed by atoms with Gasteiger partial charge in [-0.15, -0.1) is 0 Å². The summed E-state index contributed by atoms with van der Waals surface area (Å²) in [5.41, 5.74) is 2.00. The van der Waals surface area contributed by atoms with Crippen LogP contribution in [0.3, 0.4) is 0 Å². The minimum Gasteiger partial charge on any atom is -0.481 e. The van der Waals surface area contributed by atoms with Crippen molar-refractivity contribution in [1.29, 1.82) is 0 Å². The highest BCUT2D eigenvalue weighted by Crippen LogP contribution is 2.26. The second-order valence-electron chi connectivity index (χ2n) is 5.57. The van der Waals surface area contributed by atoms with E-state index in [0.717, 1.165) is 17.7 Å². The summed E-state index contributed by atoms with van der Waals surface area (Å²) in [6.07, 6.45) is 1.89. The Morgan fingerprint density at radius 1 is 1.29 bits per heavy atom. The molecule has 0 aliphatic heterocycles. The lowest BCUT2D eigenvalue weighted by atomic mass is 10.1.